The summed E-state index contributed by atoms with van der Waals surface area (Å²) in [4.78, 5) is 27.4. The Hall–Kier alpha value is -1.99. The molecular formula is C18H22N4O2S. The second-order valence-corrected chi connectivity index (χ2v) is 7.76. The number of nitrogens with zero attached hydrogens (tertiary/aromatic N) is 4. The largest absolute Gasteiger partial charge is 0.378 e. The number of hydrogen-bond donors (Lipinski definition) is 0. The Morgan fingerprint density at radius 3 is 2.80 bits per heavy atom. The molecule has 2 aromatic heterocycles. The molecule has 0 unspecified atom stereocenters. The molecule has 0 aliphatic carbocycles. The maximum Gasteiger partial charge on any atom is 0.258 e. The summed E-state index contributed by atoms with van der Waals surface area (Å²) in [6.07, 6.45) is 2.61. The molecule has 132 valence electrons. The number of ether oxygens (including phenoxy) is 1. The number of thiazole rings is 1. The topological polar surface area (TPSA) is 58.6 Å². The van der Waals surface area contributed by atoms with Crippen molar-refractivity contribution in [3.05, 3.63) is 39.1 Å². The molecule has 0 N–H and O–H groups in total. The van der Waals surface area contributed by atoms with Crippen molar-refractivity contribution in [2.24, 2.45) is 0 Å². The minimum atomic E-state index is 0.0922. The van der Waals surface area contributed by atoms with Gasteiger partial charge in [-0.2, -0.15) is 0 Å². The van der Waals surface area contributed by atoms with Gasteiger partial charge in [-0.05, 0) is 19.9 Å². The standard InChI is InChI=1S/C18H22N4O2S/c1-12-13(2)25-16(20-12)4-6-22-11-14-17(18(22)23)15(3-5-19-14)21-7-9-24-10-8-21/h3,5H,4,6-11H2,1-2H3. The molecule has 25 heavy (non-hydrogen) atoms. The van der Waals surface area contributed by atoms with Gasteiger partial charge in [-0.25, -0.2) is 4.98 Å². The van der Waals surface area contributed by atoms with Gasteiger partial charge in [-0.3, -0.25) is 9.78 Å². The lowest BCUT2D eigenvalue weighted by atomic mass is 10.1. The van der Waals surface area contributed by atoms with Gasteiger partial charge in [0.25, 0.3) is 5.91 Å². The number of hydrogen-bond acceptors (Lipinski definition) is 6. The van der Waals surface area contributed by atoms with E-state index in [-0.39, 0.29) is 5.91 Å². The van der Waals surface area contributed by atoms with Crippen LogP contribution in [0.1, 0.15) is 31.6 Å². The number of carbonyl (C=O) groups excluding carboxylic acids is 1. The number of carbonyl (C=O) groups is 1. The summed E-state index contributed by atoms with van der Waals surface area (Å²) < 4.78 is 5.43. The molecule has 7 heteroatoms. The zero-order chi connectivity index (χ0) is 17.4. The molecule has 2 aliphatic rings. The fourth-order valence-electron chi connectivity index (χ4n) is 3.38. The number of fused-ring (bicyclic) bond motifs is 1. The highest BCUT2D eigenvalue weighted by molar-refractivity contribution is 7.11. The van der Waals surface area contributed by atoms with Gasteiger partial charge < -0.3 is 14.5 Å². The van der Waals surface area contributed by atoms with Gasteiger partial charge in [-0.15, -0.1) is 11.3 Å². The first-order chi connectivity index (χ1) is 12.1. The van der Waals surface area contributed by atoms with E-state index < -0.39 is 0 Å². The molecule has 0 spiro atoms. The van der Waals surface area contributed by atoms with Crippen LogP contribution in [0.3, 0.4) is 0 Å². The summed E-state index contributed by atoms with van der Waals surface area (Å²) in [6.45, 7) is 8.45. The van der Waals surface area contributed by atoms with E-state index in [1.807, 2.05) is 24.1 Å². The fourth-order valence-corrected chi connectivity index (χ4v) is 4.30. The zero-order valence-corrected chi connectivity index (χ0v) is 15.4. The zero-order valence-electron chi connectivity index (χ0n) is 14.6. The SMILES string of the molecule is Cc1nc(CCN2Cc3nccc(N4CCOCC4)c3C2=O)sc1C. The van der Waals surface area contributed by atoms with Crippen LogP contribution in [0, 0.1) is 13.8 Å². The Balaban J connectivity index is 1.50. The van der Waals surface area contributed by atoms with Crippen LogP contribution < -0.4 is 4.90 Å². The molecule has 1 saturated heterocycles. The van der Waals surface area contributed by atoms with Gasteiger partial charge in [0.05, 0.1) is 47.4 Å². The van der Waals surface area contributed by atoms with E-state index in [0.29, 0.717) is 26.3 Å². The summed E-state index contributed by atoms with van der Waals surface area (Å²) in [7, 11) is 0. The Bertz CT molecular complexity index is 779. The van der Waals surface area contributed by atoms with Gasteiger partial charge in [0.15, 0.2) is 0 Å². The molecule has 4 rings (SSSR count). The molecular weight excluding hydrogens is 336 g/mol. The van der Waals surface area contributed by atoms with Gasteiger partial charge in [0.1, 0.15) is 0 Å². The van der Waals surface area contributed by atoms with E-state index >= 15 is 0 Å². The van der Waals surface area contributed by atoms with E-state index in [0.717, 1.165) is 47.2 Å². The molecule has 4 heterocycles. The molecule has 0 atom stereocenters. The molecule has 6 nitrogen and oxygen atoms in total. The van der Waals surface area contributed by atoms with Crippen LogP contribution in [0.2, 0.25) is 0 Å². The number of aromatic nitrogens is 2. The van der Waals surface area contributed by atoms with Crippen molar-refractivity contribution < 1.29 is 9.53 Å². The molecule has 2 aromatic rings. The highest BCUT2D eigenvalue weighted by Gasteiger charge is 2.32. The number of morpholine rings is 1. The van der Waals surface area contributed by atoms with E-state index in [9.17, 15) is 4.79 Å². The van der Waals surface area contributed by atoms with Crippen molar-refractivity contribution in [1.29, 1.82) is 0 Å². The molecule has 2 aliphatic heterocycles. The van der Waals surface area contributed by atoms with Gasteiger partial charge in [-0.1, -0.05) is 0 Å². The molecule has 1 fully saturated rings. The number of aryl methyl sites for hydroxylation is 2. The third-order valence-corrected chi connectivity index (χ3v) is 6.00. The lowest BCUT2D eigenvalue weighted by molar-refractivity contribution is 0.0779. The lowest BCUT2D eigenvalue weighted by Gasteiger charge is -2.30. The molecule has 0 aromatic carbocycles. The fraction of sp³-hybridized carbons (Fsp3) is 0.500. The first-order valence-corrected chi connectivity index (χ1v) is 9.48. The second-order valence-electron chi connectivity index (χ2n) is 6.48. The third-order valence-electron chi connectivity index (χ3n) is 4.87. The van der Waals surface area contributed by atoms with Crippen molar-refractivity contribution >= 4 is 22.9 Å². The summed E-state index contributed by atoms with van der Waals surface area (Å²) in [5, 5.41) is 1.10. The molecule has 0 bridgehead atoms. The van der Waals surface area contributed by atoms with Crippen LogP contribution in [-0.2, 0) is 17.7 Å². The quantitative estimate of drug-likeness (QED) is 0.839. The van der Waals surface area contributed by atoms with Crippen LogP contribution in [0.25, 0.3) is 0 Å². The predicted molar refractivity (Wildman–Crippen MR) is 97.3 cm³/mol. The number of anilines is 1. The second kappa shape index (κ2) is 6.72. The van der Waals surface area contributed by atoms with Crippen molar-refractivity contribution in [3.8, 4) is 0 Å². The number of rotatable bonds is 4. The molecule has 0 radical (unpaired) electrons. The van der Waals surface area contributed by atoms with E-state index in [4.69, 9.17) is 4.74 Å². The van der Waals surface area contributed by atoms with Crippen LogP contribution in [0.5, 0.6) is 0 Å². The van der Waals surface area contributed by atoms with E-state index in [1.165, 1.54) is 4.88 Å². The first kappa shape index (κ1) is 16.5. The van der Waals surface area contributed by atoms with Crippen LogP contribution in [0.4, 0.5) is 5.69 Å². The van der Waals surface area contributed by atoms with Gasteiger partial charge >= 0.3 is 0 Å². The van der Waals surface area contributed by atoms with E-state index in [1.54, 1.807) is 11.3 Å². The third kappa shape index (κ3) is 3.14. The van der Waals surface area contributed by atoms with Crippen LogP contribution in [0.15, 0.2) is 12.3 Å². The van der Waals surface area contributed by atoms with Crippen molar-refractivity contribution in [2.45, 2.75) is 26.8 Å². The average molecular weight is 358 g/mol. The number of pyridine rings is 1. The lowest BCUT2D eigenvalue weighted by Crippen LogP contribution is -2.37. The predicted octanol–water partition coefficient (Wildman–Crippen LogP) is 2.19. The summed E-state index contributed by atoms with van der Waals surface area (Å²) in [5.41, 5.74) is 3.76. The van der Waals surface area contributed by atoms with Crippen molar-refractivity contribution in [3.63, 3.8) is 0 Å². The summed E-state index contributed by atoms with van der Waals surface area (Å²) >= 11 is 1.72. The van der Waals surface area contributed by atoms with Crippen molar-refractivity contribution in [2.75, 3.05) is 37.7 Å². The van der Waals surface area contributed by atoms with E-state index in [2.05, 4.69) is 21.8 Å². The maximum atomic E-state index is 13.0. The minimum Gasteiger partial charge on any atom is -0.378 e. The summed E-state index contributed by atoms with van der Waals surface area (Å²) in [5.74, 6) is 0.0922. The normalized spacial score (nSPS) is 17.3. The molecule has 0 saturated carbocycles. The summed E-state index contributed by atoms with van der Waals surface area (Å²) in [6, 6.07) is 1.96. The highest BCUT2D eigenvalue weighted by Crippen LogP contribution is 2.31. The maximum absolute atomic E-state index is 13.0. The first-order valence-electron chi connectivity index (χ1n) is 8.66. The van der Waals surface area contributed by atoms with Crippen LogP contribution in [-0.4, -0.2) is 53.6 Å². The Morgan fingerprint density at radius 2 is 2.08 bits per heavy atom. The minimum absolute atomic E-state index is 0.0922. The Morgan fingerprint density at radius 1 is 1.28 bits per heavy atom. The number of amides is 1. The highest BCUT2D eigenvalue weighted by atomic mass is 32.1. The Kier molecular flexibility index (Phi) is 4.43. The Labute approximate surface area is 151 Å². The monoisotopic (exact) mass is 358 g/mol. The van der Waals surface area contributed by atoms with Gasteiger partial charge in [0.2, 0.25) is 0 Å². The van der Waals surface area contributed by atoms with Crippen molar-refractivity contribution in [1.82, 2.24) is 14.9 Å². The molecule has 1 amide bonds. The van der Waals surface area contributed by atoms with Crippen LogP contribution >= 0.6 is 11.3 Å². The van der Waals surface area contributed by atoms with Gasteiger partial charge in [0, 0.05) is 37.1 Å². The smallest absolute Gasteiger partial charge is 0.258 e. The average Bonchev–Trinajstić information content (AvgIpc) is 3.13.